The maximum absolute atomic E-state index is 6.81. The van der Waals surface area contributed by atoms with E-state index in [-0.39, 0.29) is 18.1 Å². The van der Waals surface area contributed by atoms with Crippen LogP contribution in [0.25, 0.3) is 0 Å². The van der Waals surface area contributed by atoms with Crippen molar-refractivity contribution in [2.75, 3.05) is 0 Å². The van der Waals surface area contributed by atoms with E-state index in [0.29, 0.717) is 0 Å². The van der Waals surface area contributed by atoms with E-state index in [9.17, 15) is 0 Å². The van der Waals surface area contributed by atoms with Crippen LogP contribution in [-0.2, 0) is 0 Å². The van der Waals surface area contributed by atoms with Gasteiger partial charge in [0.15, 0.2) is 0 Å². The van der Waals surface area contributed by atoms with Gasteiger partial charge >= 0.3 is 0 Å². The van der Waals surface area contributed by atoms with Gasteiger partial charge in [-0.05, 0) is 22.3 Å². The molecule has 4 aromatic rings. The minimum absolute atomic E-state index is 0.0380. The Labute approximate surface area is 173 Å². The Balaban J connectivity index is 1.75. The van der Waals surface area contributed by atoms with Gasteiger partial charge in [0.05, 0.1) is 12.1 Å². The minimum Gasteiger partial charge on any atom is -0.322 e. The van der Waals surface area contributed by atoms with Crippen molar-refractivity contribution in [2.24, 2.45) is 5.73 Å². The van der Waals surface area contributed by atoms with Crippen molar-refractivity contribution >= 4 is 0 Å². The molecule has 2 nitrogen and oxygen atoms in total. The van der Waals surface area contributed by atoms with Crippen molar-refractivity contribution in [2.45, 2.75) is 18.1 Å². The lowest BCUT2D eigenvalue weighted by atomic mass is 9.91. The topological polar surface area (TPSA) is 38.0 Å². The summed E-state index contributed by atoms with van der Waals surface area (Å²) >= 11 is 0. The molecular weight excluding hydrogens is 352 g/mol. The summed E-state index contributed by atoms with van der Waals surface area (Å²) in [5.41, 5.74) is 11.6. The predicted molar refractivity (Wildman–Crippen MR) is 120 cm³/mol. The molecule has 0 spiro atoms. The van der Waals surface area contributed by atoms with Crippen LogP contribution in [0.2, 0.25) is 0 Å². The molecule has 2 atom stereocenters. The van der Waals surface area contributed by atoms with E-state index in [1.807, 2.05) is 24.3 Å². The van der Waals surface area contributed by atoms with Gasteiger partial charge in [0.25, 0.3) is 0 Å². The van der Waals surface area contributed by atoms with E-state index in [1.54, 1.807) is 0 Å². The van der Waals surface area contributed by atoms with Crippen molar-refractivity contribution in [1.82, 2.24) is 5.32 Å². The molecule has 0 saturated carbocycles. The molecule has 0 aliphatic rings. The minimum atomic E-state index is -0.173. The summed E-state index contributed by atoms with van der Waals surface area (Å²) in [6, 6.07) is 41.7. The highest BCUT2D eigenvalue weighted by Gasteiger charge is 2.25. The summed E-state index contributed by atoms with van der Waals surface area (Å²) in [6.07, 6.45) is 0. The van der Waals surface area contributed by atoms with E-state index >= 15 is 0 Å². The van der Waals surface area contributed by atoms with E-state index < -0.39 is 0 Å². The first kappa shape index (κ1) is 19.1. The highest BCUT2D eigenvalue weighted by molar-refractivity contribution is 5.34. The molecule has 0 saturated heterocycles. The number of rotatable bonds is 7. The molecule has 144 valence electrons. The zero-order valence-corrected chi connectivity index (χ0v) is 16.4. The molecule has 0 aromatic heterocycles. The molecule has 4 rings (SSSR count). The molecular formula is C27H26N2. The van der Waals surface area contributed by atoms with Crippen molar-refractivity contribution < 1.29 is 0 Å². The van der Waals surface area contributed by atoms with Crippen LogP contribution in [0.5, 0.6) is 0 Å². The van der Waals surface area contributed by atoms with Gasteiger partial charge in [-0.1, -0.05) is 121 Å². The van der Waals surface area contributed by atoms with E-state index in [0.717, 1.165) is 5.56 Å². The summed E-state index contributed by atoms with van der Waals surface area (Å²) < 4.78 is 0. The van der Waals surface area contributed by atoms with Crippen LogP contribution in [0.4, 0.5) is 0 Å². The molecule has 3 N–H and O–H groups in total. The highest BCUT2D eigenvalue weighted by atomic mass is 15.0. The first-order valence-electron chi connectivity index (χ1n) is 10.0. The van der Waals surface area contributed by atoms with Crippen LogP contribution >= 0.6 is 0 Å². The molecule has 0 aliphatic heterocycles. The second kappa shape index (κ2) is 9.33. The van der Waals surface area contributed by atoms with Crippen LogP contribution in [0.15, 0.2) is 121 Å². The van der Waals surface area contributed by atoms with Crippen LogP contribution in [0.3, 0.4) is 0 Å². The van der Waals surface area contributed by atoms with E-state index in [4.69, 9.17) is 5.73 Å². The standard InChI is InChI=1S/C27H26N2/c28-25(21-13-5-1-6-14-21)27(24-19-11-4-12-20-24)29-26(22-15-7-2-8-16-22)23-17-9-3-10-18-23/h1-20,25-27,29H,28H2. The van der Waals surface area contributed by atoms with Crippen LogP contribution < -0.4 is 11.1 Å². The quantitative estimate of drug-likeness (QED) is 0.426. The van der Waals surface area contributed by atoms with Crippen molar-refractivity contribution in [3.63, 3.8) is 0 Å². The van der Waals surface area contributed by atoms with Crippen molar-refractivity contribution in [1.29, 1.82) is 0 Å². The first-order chi connectivity index (χ1) is 14.3. The molecule has 0 bridgehead atoms. The Morgan fingerprint density at radius 3 is 1.21 bits per heavy atom. The number of hydrogen-bond acceptors (Lipinski definition) is 2. The molecule has 2 heteroatoms. The summed E-state index contributed by atoms with van der Waals surface area (Å²) in [5.74, 6) is 0. The van der Waals surface area contributed by atoms with Crippen LogP contribution in [-0.4, -0.2) is 0 Å². The van der Waals surface area contributed by atoms with Gasteiger partial charge in [0.1, 0.15) is 0 Å². The number of nitrogens with one attached hydrogen (secondary N) is 1. The zero-order chi connectivity index (χ0) is 19.9. The molecule has 29 heavy (non-hydrogen) atoms. The first-order valence-corrected chi connectivity index (χ1v) is 10.0. The Morgan fingerprint density at radius 1 is 0.448 bits per heavy atom. The third-order valence-corrected chi connectivity index (χ3v) is 5.31. The molecule has 0 heterocycles. The van der Waals surface area contributed by atoms with Crippen LogP contribution in [0, 0.1) is 0 Å². The molecule has 0 fully saturated rings. The van der Waals surface area contributed by atoms with Gasteiger partial charge in [0.2, 0.25) is 0 Å². The van der Waals surface area contributed by atoms with Gasteiger partial charge in [-0.2, -0.15) is 0 Å². The van der Waals surface area contributed by atoms with Crippen molar-refractivity contribution in [3.8, 4) is 0 Å². The molecule has 2 unspecified atom stereocenters. The second-order valence-corrected chi connectivity index (χ2v) is 7.25. The summed E-state index contributed by atoms with van der Waals surface area (Å²) in [7, 11) is 0. The normalized spacial score (nSPS) is 13.2. The summed E-state index contributed by atoms with van der Waals surface area (Å²) in [5, 5.41) is 3.88. The fourth-order valence-electron chi connectivity index (χ4n) is 3.79. The lowest BCUT2D eigenvalue weighted by molar-refractivity contribution is 0.420. The highest BCUT2D eigenvalue weighted by Crippen LogP contribution is 2.32. The average molecular weight is 379 g/mol. The molecule has 0 radical (unpaired) electrons. The Bertz CT molecular complexity index is 946. The molecule has 0 amide bonds. The monoisotopic (exact) mass is 378 g/mol. The largest absolute Gasteiger partial charge is 0.322 e. The average Bonchev–Trinajstić information content (AvgIpc) is 2.82. The van der Waals surface area contributed by atoms with E-state index in [2.05, 4.69) is 102 Å². The Morgan fingerprint density at radius 2 is 0.793 bits per heavy atom. The molecule has 0 aliphatic carbocycles. The lowest BCUT2D eigenvalue weighted by Crippen LogP contribution is -2.35. The Kier molecular flexibility index (Phi) is 6.16. The van der Waals surface area contributed by atoms with Crippen LogP contribution in [0.1, 0.15) is 40.4 Å². The summed E-state index contributed by atoms with van der Waals surface area (Å²) in [6.45, 7) is 0. The zero-order valence-electron chi connectivity index (χ0n) is 16.4. The maximum Gasteiger partial charge on any atom is 0.0582 e. The fourth-order valence-corrected chi connectivity index (χ4v) is 3.79. The third-order valence-electron chi connectivity index (χ3n) is 5.31. The van der Waals surface area contributed by atoms with E-state index in [1.165, 1.54) is 16.7 Å². The smallest absolute Gasteiger partial charge is 0.0582 e. The van der Waals surface area contributed by atoms with Gasteiger partial charge in [-0.25, -0.2) is 0 Å². The van der Waals surface area contributed by atoms with Gasteiger partial charge in [-0.15, -0.1) is 0 Å². The molecule has 4 aromatic carbocycles. The SMILES string of the molecule is NC(c1ccccc1)C(NC(c1ccccc1)c1ccccc1)c1ccccc1. The number of nitrogens with two attached hydrogens (primary N) is 1. The van der Waals surface area contributed by atoms with Gasteiger partial charge in [-0.3, -0.25) is 5.32 Å². The van der Waals surface area contributed by atoms with Gasteiger partial charge < -0.3 is 5.73 Å². The van der Waals surface area contributed by atoms with Crippen molar-refractivity contribution in [3.05, 3.63) is 144 Å². The van der Waals surface area contributed by atoms with Gasteiger partial charge in [0, 0.05) is 6.04 Å². The summed E-state index contributed by atoms with van der Waals surface area (Å²) in [4.78, 5) is 0. The maximum atomic E-state index is 6.81. The third kappa shape index (κ3) is 4.62. The lowest BCUT2D eigenvalue weighted by Gasteiger charge is -2.31. The number of hydrogen-bond donors (Lipinski definition) is 2. The second-order valence-electron chi connectivity index (χ2n) is 7.25. The fraction of sp³-hybridized carbons (Fsp3) is 0.111. The number of benzene rings is 4. The Hall–Kier alpha value is -3.20. The predicted octanol–water partition coefficient (Wildman–Crippen LogP) is 5.81.